The van der Waals surface area contributed by atoms with Gasteiger partial charge in [-0.15, -0.1) is 0 Å². The Labute approximate surface area is 119 Å². The number of ether oxygens (including phenoxy) is 1. The zero-order chi connectivity index (χ0) is 14.0. The molecule has 102 valence electrons. The molecule has 0 saturated carbocycles. The number of nitrogens with zero attached hydrogens (tertiary/aromatic N) is 2. The van der Waals surface area contributed by atoms with Crippen molar-refractivity contribution in [3.63, 3.8) is 0 Å². The molecule has 0 spiro atoms. The number of rotatable bonds is 4. The molecule has 0 unspecified atom stereocenters. The molecule has 0 amide bonds. The van der Waals surface area contributed by atoms with Gasteiger partial charge in [-0.25, -0.2) is 4.68 Å². The van der Waals surface area contributed by atoms with E-state index in [-0.39, 0.29) is 11.2 Å². The Kier molecular flexibility index (Phi) is 4.11. The van der Waals surface area contributed by atoms with Crippen LogP contribution in [0.3, 0.4) is 0 Å². The van der Waals surface area contributed by atoms with E-state index >= 15 is 0 Å². The standard InChI is InChI=1S/C13H16BrN3O2/c1-16-11(8-19-2)12(15)13(18)17(16)7-9-5-3-4-6-10(9)14/h3-6H,7-8,15H2,1-2H3. The number of anilines is 1. The molecule has 1 aromatic carbocycles. The van der Waals surface area contributed by atoms with E-state index in [9.17, 15) is 4.79 Å². The molecule has 0 aliphatic heterocycles. The molecular weight excluding hydrogens is 310 g/mol. The Morgan fingerprint density at radius 2 is 2.05 bits per heavy atom. The molecule has 2 aromatic rings. The molecule has 0 aliphatic rings. The molecule has 0 bridgehead atoms. The van der Waals surface area contributed by atoms with Gasteiger partial charge in [-0.3, -0.25) is 9.48 Å². The van der Waals surface area contributed by atoms with Crippen LogP contribution in [-0.2, 0) is 24.9 Å². The normalized spacial score (nSPS) is 10.9. The van der Waals surface area contributed by atoms with E-state index in [1.54, 1.807) is 16.5 Å². The highest BCUT2D eigenvalue weighted by Crippen LogP contribution is 2.17. The number of hydrogen-bond acceptors (Lipinski definition) is 3. The molecule has 2 N–H and O–H groups in total. The molecule has 5 nitrogen and oxygen atoms in total. The summed E-state index contributed by atoms with van der Waals surface area (Å²) in [5.41, 5.74) is 7.61. The van der Waals surface area contributed by atoms with Crippen molar-refractivity contribution in [1.29, 1.82) is 0 Å². The highest BCUT2D eigenvalue weighted by atomic mass is 79.9. The van der Waals surface area contributed by atoms with E-state index in [1.165, 1.54) is 0 Å². The van der Waals surface area contributed by atoms with Gasteiger partial charge in [0.25, 0.3) is 5.56 Å². The first-order valence-electron chi connectivity index (χ1n) is 5.82. The van der Waals surface area contributed by atoms with Crippen LogP contribution in [0.1, 0.15) is 11.3 Å². The molecule has 1 heterocycles. The SMILES string of the molecule is COCc1c(N)c(=O)n(Cc2ccccc2Br)n1C. The van der Waals surface area contributed by atoms with Gasteiger partial charge in [-0.1, -0.05) is 34.1 Å². The summed E-state index contributed by atoms with van der Waals surface area (Å²) in [6.07, 6.45) is 0. The smallest absolute Gasteiger partial charge is 0.290 e. The third-order valence-corrected chi connectivity index (χ3v) is 3.86. The van der Waals surface area contributed by atoms with Crippen molar-refractivity contribution < 1.29 is 4.74 Å². The number of nitrogens with two attached hydrogens (primary N) is 1. The van der Waals surface area contributed by atoms with Crippen molar-refractivity contribution in [1.82, 2.24) is 9.36 Å². The lowest BCUT2D eigenvalue weighted by molar-refractivity contribution is 0.177. The predicted octanol–water partition coefficient (Wildman–Crippen LogP) is 1.73. The molecule has 0 fully saturated rings. The molecule has 0 radical (unpaired) electrons. The van der Waals surface area contributed by atoms with Crippen molar-refractivity contribution in [2.24, 2.45) is 7.05 Å². The van der Waals surface area contributed by atoms with Crippen LogP contribution in [0.5, 0.6) is 0 Å². The maximum absolute atomic E-state index is 12.1. The second kappa shape index (κ2) is 5.63. The zero-order valence-corrected chi connectivity index (χ0v) is 12.5. The summed E-state index contributed by atoms with van der Waals surface area (Å²) in [5.74, 6) is 0. The van der Waals surface area contributed by atoms with Crippen LogP contribution >= 0.6 is 15.9 Å². The largest absolute Gasteiger partial charge is 0.393 e. The van der Waals surface area contributed by atoms with E-state index in [0.717, 1.165) is 10.0 Å². The maximum Gasteiger partial charge on any atom is 0.290 e. The summed E-state index contributed by atoms with van der Waals surface area (Å²) < 4.78 is 9.39. The quantitative estimate of drug-likeness (QED) is 0.931. The van der Waals surface area contributed by atoms with Gasteiger partial charge in [0, 0.05) is 18.6 Å². The fourth-order valence-electron chi connectivity index (χ4n) is 1.99. The second-order valence-corrected chi connectivity index (χ2v) is 5.13. The summed E-state index contributed by atoms with van der Waals surface area (Å²) in [7, 11) is 3.39. The Balaban J connectivity index is 2.44. The Bertz CT molecular complexity index is 646. The summed E-state index contributed by atoms with van der Waals surface area (Å²) in [5, 5.41) is 0. The van der Waals surface area contributed by atoms with Crippen LogP contribution < -0.4 is 11.3 Å². The van der Waals surface area contributed by atoms with Gasteiger partial charge < -0.3 is 10.5 Å². The van der Waals surface area contributed by atoms with Crippen LogP contribution in [0.2, 0.25) is 0 Å². The van der Waals surface area contributed by atoms with Gasteiger partial charge >= 0.3 is 0 Å². The summed E-state index contributed by atoms with van der Waals surface area (Å²) >= 11 is 3.48. The van der Waals surface area contributed by atoms with E-state index in [4.69, 9.17) is 10.5 Å². The monoisotopic (exact) mass is 325 g/mol. The van der Waals surface area contributed by atoms with Gasteiger partial charge in [0.05, 0.1) is 18.8 Å². The topological polar surface area (TPSA) is 62.2 Å². The summed E-state index contributed by atoms with van der Waals surface area (Å²) in [6, 6.07) is 7.79. The predicted molar refractivity (Wildman–Crippen MR) is 78.0 cm³/mol. The molecular formula is C13H16BrN3O2. The lowest BCUT2D eigenvalue weighted by Gasteiger charge is -2.10. The minimum Gasteiger partial charge on any atom is -0.393 e. The minimum atomic E-state index is -0.190. The number of methoxy groups -OCH3 is 1. The van der Waals surface area contributed by atoms with Gasteiger partial charge in [-0.2, -0.15) is 0 Å². The lowest BCUT2D eigenvalue weighted by Crippen LogP contribution is -2.23. The lowest BCUT2D eigenvalue weighted by atomic mass is 10.2. The first kappa shape index (κ1) is 13.9. The first-order valence-corrected chi connectivity index (χ1v) is 6.62. The number of nitrogen functional groups attached to an aromatic ring is 1. The summed E-state index contributed by atoms with van der Waals surface area (Å²) in [6.45, 7) is 0.783. The maximum atomic E-state index is 12.1. The van der Waals surface area contributed by atoms with Crippen LogP contribution in [0.15, 0.2) is 33.5 Å². The van der Waals surface area contributed by atoms with Crippen molar-refractivity contribution >= 4 is 21.6 Å². The van der Waals surface area contributed by atoms with Crippen molar-refractivity contribution in [3.8, 4) is 0 Å². The Hall–Kier alpha value is -1.53. The van der Waals surface area contributed by atoms with Gasteiger partial charge in [-0.05, 0) is 11.6 Å². The molecule has 6 heteroatoms. The molecule has 0 saturated heterocycles. The average Bonchev–Trinajstić information content (AvgIpc) is 2.59. The Morgan fingerprint density at radius 1 is 1.37 bits per heavy atom. The van der Waals surface area contributed by atoms with Crippen molar-refractivity contribution in [2.75, 3.05) is 12.8 Å². The Morgan fingerprint density at radius 3 is 2.68 bits per heavy atom. The highest BCUT2D eigenvalue weighted by molar-refractivity contribution is 9.10. The second-order valence-electron chi connectivity index (χ2n) is 4.27. The molecule has 1 aromatic heterocycles. The zero-order valence-electron chi connectivity index (χ0n) is 10.9. The highest BCUT2D eigenvalue weighted by Gasteiger charge is 2.15. The fourth-order valence-corrected chi connectivity index (χ4v) is 2.40. The van der Waals surface area contributed by atoms with Gasteiger partial charge in [0.15, 0.2) is 0 Å². The number of hydrogen-bond donors (Lipinski definition) is 1. The average molecular weight is 326 g/mol. The van der Waals surface area contributed by atoms with Crippen molar-refractivity contribution in [2.45, 2.75) is 13.2 Å². The van der Waals surface area contributed by atoms with Crippen LogP contribution in [0.4, 0.5) is 5.69 Å². The first-order chi connectivity index (χ1) is 9.06. The molecule has 0 atom stereocenters. The van der Waals surface area contributed by atoms with Crippen LogP contribution in [0, 0.1) is 0 Å². The van der Waals surface area contributed by atoms with Gasteiger partial charge in [0.2, 0.25) is 0 Å². The fraction of sp³-hybridized carbons (Fsp3) is 0.308. The third kappa shape index (κ3) is 2.59. The number of aromatic nitrogens is 2. The van der Waals surface area contributed by atoms with Crippen molar-refractivity contribution in [3.05, 3.63) is 50.3 Å². The van der Waals surface area contributed by atoms with Crippen LogP contribution in [0.25, 0.3) is 0 Å². The molecule has 19 heavy (non-hydrogen) atoms. The minimum absolute atomic E-state index is 0.190. The van der Waals surface area contributed by atoms with E-state index < -0.39 is 0 Å². The third-order valence-electron chi connectivity index (χ3n) is 3.09. The van der Waals surface area contributed by atoms with Crippen LogP contribution in [-0.4, -0.2) is 16.5 Å². The van der Waals surface area contributed by atoms with E-state index in [0.29, 0.717) is 18.8 Å². The number of benzene rings is 1. The molecule has 0 aliphatic carbocycles. The van der Waals surface area contributed by atoms with E-state index in [1.807, 2.05) is 31.3 Å². The van der Waals surface area contributed by atoms with E-state index in [2.05, 4.69) is 15.9 Å². The van der Waals surface area contributed by atoms with Gasteiger partial charge in [0.1, 0.15) is 5.69 Å². The number of halogens is 1. The molecule has 2 rings (SSSR count). The summed E-state index contributed by atoms with van der Waals surface area (Å²) in [4.78, 5) is 12.1.